The number of nitrogens with zero attached hydrogens (tertiary/aromatic N) is 1. The normalized spacial score (nSPS) is 13.6. The Labute approximate surface area is 244 Å². The number of carbonyl (C=O) groups excluding carboxylic acids is 2. The third-order valence-electron chi connectivity index (χ3n) is 7.12. The quantitative estimate of drug-likeness (QED) is 0.245. The number of fused-ring (bicyclic) bond motifs is 1. The van der Waals surface area contributed by atoms with Crippen LogP contribution in [0, 0.1) is 12.7 Å². The number of anilines is 3. The van der Waals surface area contributed by atoms with Gasteiger partial charge in [-0.3, -0.25) is 10.1 Å². The number of halogens is 1. The minimum absolute atomic E-state index is 0.0451. The fourth-order valence-electron chi connectivity index (χ4n) is 5.04. The number of carbonyl (C=O) groups is 2. The smallest absolute Gasteiger partial charge is 0.417 e. The summed E-state index contributed by atoms with van der Waals surface area (Å²) >= 11 is 0. The number of methoxy groups -OCH3 is 1. The van der Waals surface area contributed by atoms with E-state index in [2.05, 4.69) is 10.6 Å². The van der Waals surface area contributed by atoms with Crippen LogP contribution in [0.15, 0.2) is 78.9 Å². The van der Waals surface area contributed by atoms with Crippen molar-refractivity contribution in [2.45, 2.75) is 32.9 Å². The topological polar surface area (TPSA) is 89.1 Å². The zero-order chi connectivity index (χ0) is 30.0. The lowest BCUT2D eigenvalue weighted by Gasteiger charge is -2.39. The Bertz CT molecular complexity index is 1660. The van der Waals surface area contributed by atoms with Crippen LogP contribution < -0.4 is 29.7 Å². The van der Waals surface area contributed by atoms with E-state index in [1.807, 2.05) is 51.1 Å². The van der Waals surface area contributed by atoms with Crippen molar-refractivity contribution in [3.63, 3.8) is 0 Å². The van der Waals surface area contributed by atoms with Crippen molar-refractivity contribution in [3.8, 4) is 28.4 Å². The molecule has 4 aromatic carbocycles. The van der Waals surface area contributed by atoms with Crippen molar-refractivity contribution >= 4 is 29.1 Å². The van der Waals surface area contributed by atoms with E-state index in [4.69, 9.17) is 14.2 Å². The number of hydrogen-bond acceptors (Lipinski definition) is 6. The number of benzene rings is 4. The Kier molecular flexibility index (Phi) is 7.76. The summed E-state index contributed by atoms with van der Waals surface area (Å²) in [5.41, 5.74) is 4.11. The maximum Gasteiger partial charge on any atom is 0.417 e. The first-order valence-corrected chi connectivity index (χ1v) is 13.4. The lowest BCUT2D eigenvalue weighted by atomic mass is 9.91. The number of aryl methyl sites for hydroxylation is 1. The van der Waals surface area contributed by atoms with Gasteiger partial charge in [0.2, 0.25) is 0 Å². The largest absolute Gasteiger partial charge is 0.496 e. The molecule has 216 valence electrons. The lowest BCUT2D eigenvalue weighted by molar-refractivity contribution is -0.121. The van der Waals surface area contributed by atoms with Gasteiger partial charge in [-0.2, -0.15) is 0 Å². The van der Waals surface area contributed by atoms with Crippen molar-refractivity contribution < 1.29 is 28.2 Å². The van der Waals surface area contributed by atoms with Crippen LogP contribution in [0.2, 0.25) is 0 Å². The monoisotopic (exact) mass is 569 g/mol. The Morgan fingerprint density at radius 3 is 2.45 bits per heavy atom. The zero-order valence-electron chi connectivity index (χ0n) is 24.1. The average Bonchev–Trinajstić information content (AvgIpc) is 2.96. The van der Waals surface area contributed by atoms with Crippen LogP contribution in [-0.2, 0) is 11.4 Å². The molecule has 0 saturated heterocycles. The highest BCUT2D eigenvalue weighted by Crippen LogP contribution is 2.45. The summed E-state index contributed by atoms with van der Waals surface area (Å²) in [6.07, 6.45) is -0.641. The molecule has 2 N–H and O–H groups in total. The Morgan fingerprint density at radius 1 is 0.976 bits per heavy atom. The van der Waals surface area contributed by atoms with Gasteiger partial charge in [0.1, 0.15) is 35.2 Å². The molecule has 0 bridgehead atoms. The summed E-state index contributed by atoms with van der Waals surface area (Å²) in [6, 6.07) is 22.3. The van der Waals surface area contributed by atoms with E-state index >= 15 is 0 Å². The SMILES string of the molecule is COc1cc(OC(=O)Nc2ccccc2)ccc1-c1ccc2c(c1COc1cc(F)ccc1C)N(C)C(=O)C(C)(C)N2. The molecule has 8 nitrogen and oxygen atoms in total. The molecule has 5 rings (SSSR count). The third-order valence-corrected chi connectivity index (χ3v) is 7.12. The van der Waals surface area contributed by atoms with Gasteiger partial charge in [0.05, 0.1) is 18.5 Å². The molecule has 1 aliphatic rings. The third kappa shape index (κ3) is 5.72. The van der Waals surface area contributed by atoms with Gasteiger partial charge in [-0.25, -0.2) is 9.18 Å². The van der Waals surface area contributed by atoms with Crippen molar-refractivity contribution in [3.05, 3.63) is 95.8 Å². The fraction of sp³-hybridized carbons (Fsp3) is 0.212. The van der Waals surface area contributed by atoms with Crippen LogP contribution in [0.1, 0.15) is 25.0 Å². The zero-order valence-corrected chi connectivity index (χ0v) is 24.1. The van der Waals surface area contributed by atoms with Gasteiger partial charge in [0.15, 0.2) is 0 Å². The summed E-state index contributed by atoms with van der Waals surface area (Å²) in [4.78, 5) is 27.4. The number of hydrogen-bond donors (Lipinski definition) is 2. The molecule has 4 aromatic rings. The molecule has 1 aliphatic heterocycles. The van der Waals surface area contributed by atoms with E-state index in [-0.39, 0.29) is 18.3 Å². The second-order valence-corrected chi connectivity index (χ2v) is 10.5. The van der Waals surface area contributed by atoms with Crippen molar-refractivity contribution in [2.24, 2.45) is 0 Å². The van der Waals surface area contributed by atoms with Crippen LogP contribution in [0.25, 0.3) is 11.1 Å². The van der Waals surface area contributed by atoms with Gasteiger partial charge in [0.25, 0.3) is 5.91 Å². The average molecular weight is 570 g/mol. The van der Waals surface area contributed by atoms with E-state index in [1.165, 1.54) is 19.2 Å². The van der Waals surface area contributed by atoms with E-state index in [1.54, 1.807) is 48.3 Å². The molecule has 0 aromatic heterocycles. The second kappa shape index (κ2) is 11.4. The first-order valence-electron chi connectivity index (χ1n) is 13.4. The first-order chi connectivity index (χ1) is 20.1. The van der Waals surface area contributed by atoms with Gasteiger partial charge >= 0.3 is 6.09 Å². The van der Waals surface area contributed by atoms with Gasteiger partial charge < -0.3 is 24.4 Å². The minimum atomic E-state index is -0.808. The molecule has 0 fully saturated rings. The van der Waals surface area contributed by atoms with Gasteiger partial charge in [-0.1, -0.05) is 30.3 Å². The van der Waals surface area contributed by atoms with Gasteiger partial charge in [-0.05, 0) is 68.3 Å². The van der Waals surface area contributed by atoms with Gasteiger partial charge in [-0.15, -0.1) is 0 Å². The number of likely N-dealkylation sites (N-methyl/N-ethyl adjacent to an activating group) is 1. The predicted molar refractivity (Wildman–Crippen MR) is 161 cm³/mol. The second-order valence-electron chi connectivity index (χ2n) is 10.5. The highest BCUT2D eigenvalue weighted by Gasteiger charge is 2.38. The number of amides is 2. The van der Waals surface area contributed by atoms with Crippen LogP contribution in [0.3, 0.4) is 0 Å². The molecular weight excluding hydrogens is 537 g/mol. The Balaban J connectivity index is 1.54. The summed E-state index contributed by atoms with van der Waals surface area (Å²) < 4.78 is 31.4. The van der Waals surface area contributed by atoms with Crippen molar-refractivity contribution in [1.29, 1.82) is 0 Å². The predicted octanol–water partition coefficient (Wildman–Crippen LogP) is 7.17. The van der Waals surface area contributed by atoms with E-state index in [0.717, 1.165) is 16.8 Å². The molecule has 0 aliphatic carbocycles. The fourth-order valence-corrected chi connectivity index (χ4v) is 5.04. The molecule has 0 atom stereocenters. The molecule has 0 radical (unpaired) electrons. The highest BCUT2D eigenvalue weighted by molar-refractivity contribution is 6.08. The summed E-state index contributed by atoms with van der Waals surface area (Å²) in [7, 11) is 3.25. The highest BCUT2D eigenvalue weighted by atomic mass is 19.1. The van der Waals surface area contributed by atoms with Crippen LogP contribution in [0.5, 0.6) is 17.2 Å². The Morgan fingerprint density at radius 2 is 1.71 bits per heavy atom. The molecule has 2 amide bonds. The van der Waals surface area contributed by atoms with Gasteiger partial charge in [0, 0.05) is 36.0 Å². The molecule has 0 unspecified atom stereocenters. The minimum Gasteiger partial charge on any atom is -0.496 e. The summed E-state index contributed by atoms with van der Waals surface area (Å²) in [5, 5.41) is 6.02. The number of rotatable bonds is 7. The van der Waals surface area contributed by atoms with Crippen molar-refractivity contribution in [2.75, 3.05) is 29.7 Å². The van der Waals surface area contributed by atoms with E-state index in [0.29, 0.717) is 34.0 Å². The van der Waals surface area contributed by atoms with Crippen LogP contribution in [-0.4, -0.2) is 31.7 Å². The molecule has 0 spiro atoms. The number of ether oxygens (including phenoxy) is 3. The maximum atomic E-state index is 14.0. The maximum absolute atomic E-state index is 14.0. The number of nitrogens with one attached hydrogen (secondary N) is 2. The standard InChI is InChI=1S/C33H32FN3O5/c1-20-11-12-21(34)17-28(20)41-19-26-24(15-16-27-30(26)37(4)31(38)33(2,3)36-27)25-14-13-23(18-29(25)40-5)42-32(39)35-22-9-7-6-8-10-22/h6-18,36H,19H2,1-5H3,(H,35,39). The van der Waals surface area contributed by atoms with Crippen LogP contribution >= 0.6 is 0 Å². The molecule has 42 heavy (non-hydrogen) atoms. The molecular formula is C33H32FN3O5. The lowest BCUT2D eigenvalue weighted by Crippen LogP contribution is -2.52. The van der Waals surface area contributed by atoms with Crippen molar-refractivity contribution in [1.82, 2.24) is 0 Å². The van der Waals surface area contributed by atoms with E-state index in [9.17, 15) is 14.0 Å². The Hall–Kier alpha value is -5.05. The first kappa shape index (κ1) is 28.5. The molecule has 0 saturated carbocycles. The van der Waals surface area contributed by atoms with Crippen LogP contribution in [0.4, 0.5) is 26.2 Å². The molecule has 9 heteroatoms. The summed E-state index contributed by atoms with van der Waals surface area (Å²) in [6.45, 7) is 5.53. The summed E-state index contributed by atoms with van der Waals surface area (Å²) in [5.74, 6) is 0.606. The molecule has 1 heterocycles. The number of para-hydroxylation sites is 1. The van der Waals surface area contributed by atoms with E-state index < -0.39 is 17.4 Å².